The van der Waals surface area contributed by atoms with Gasteiger partial charge < -0.3 is 0 Å². The van der Waals surface area contributed by atoms with Crippen LogP contribution < -0.4 is 0 Å². The van der Waals surface area contributed by atoms with E-state index in [9.17, 15) is 26.3 Å². The Morgan fingerprint density at radius 2 is 1.08 bits per heavy atom. The van der Waals surface area contributed by atoms with Gasteiger partial charge in [0.25, 0.3) is 0 Å². The monoisotopic (exact) mass is 194 g/mol. The molecule has 0 amide bonds. The Kier molecular flexibility index (Phi) is 3.37. The molecule has 0 aromatic carbocycles. The highest BCUT2D eigenvalue weighted by Crippen LogP contribution is 2.20. The van der Waals surface area contributed by atoms with Gasteiger partial charge in [-0.1, -0.05) is 0 Å². The maximum atomic E-state index is 11.4. The van der Waals surface area contributed by atoms with Crippen molar-refractivity contribution >= 4 is 0 Å². The first-order valence-corrected chi connectivity index (χ1v) is 2.79. The quantitative estimate of drug-likeness (QED) is 0.609. The van der Waals surface area contributed by atoms with Crippen molar-refractivity contribution in [2.75, 3.05) is 13.1 Å². The summed E-state index contributed by atoms with van der Waals surface area (Å²) >= 11 is 0. The smallest absolute Gasteiger partial charge is 0.285 e. The molecule has 0 aromatic rings. The number of rotatable bonds is 2. The lowest BCUT2D eigenvalue weighted by molar-refractivity contribution is -0.172. The highest BCUT2D eigenvalue weighted by atomic mass is 19.4. The summed E-state index contributed by atoms with van der Waals surface area (Å²) in [6.07, 6.45) is -9.29. The second-order valence-electron chi connectivity index (χ2n) is 2.22. The molecule has 1 radical (unpaired) electrons. The van der Waals surface area contributed by atoms with Gasteiger partial charge in [0.15, 0.2) is 0 Å². The molecule has 0 saturated carbocycles. The second kappa shape index (κ2) is 3.51. The zero-order valence-corrected chi connectivity index (χ0v) is 5.84. The van der Waals surface area contributed by atoms with Crippen molar-refractivity contribution in [1.82, 2.24) is 4.90 Å². The van der Waals surface area contributed by atoms with Gasteiger partial charge in [-0.25, -0.2) is 0 Å². The van der Waals surface area contributed by atoms with E-state index in [-0.39, 0.29) is 4.90 Å². The molecule has 12 heavy (non-hydrogen) atoms. The van der Waals surface area contributed by atoms with Crippen LogP contribution in [0.4, 0.5) is 26.3 Å². The van der Waals surface area contributed by atoms with Gasteiger partial charge in [0, 0.05) is 7.05 Å². The van der Waals surface area contributed by atoms with Crippen LogP contribution in [0.25, 0.3) is 0 Å². The Bertz CT molecular complexity index is 120. The fourth-order valence-electron chi connectivity index (χ4n) is 0.563. The van der Waals surface area contributed by atoms with Crippen molar-refractivity contribution < 1.29 is 26.3 Å². The van der Waals surface area contributed by atoms with Crippen LogP contribution in [-0.2, 0) is 0 Å². The molecule has 0 rings (SSSR count). The third-order valence-electron chi connectivity index (χ3n) is 0.806. The molecule has 0 aliphatic carbocycles. The Balaban J connectivity index is 3.83. The van der Waals surface area contributed by atoms with Crippen molar-refractivity contribution in [1.29, 1.82) is 0 Å². The Hall–Kier alpha value is -0.460. The van der Waals surface area contributed by atoms with Crippen molar-refractivity contribution in [2.24, 2.45) is 0 Å². The van der Waals surface area contributed by atoms with Crippen LogP contribution in [0.5, 0.6) is 0 Å². The molecule has 0 heterocycles. The topological polar surface area (TPSA) is 3.24 Å². The number of hydrogen-bond donors (Lipinski definition) is 0. The van der Waals surface area contributed by atoms with Crippen LogP contribution in [0.2, 0.25) is 0 Å². The largest absolute Gasteiger partial charge is 0.401 e. The number of halogens is 6. The molecule has 0 bridgehead atoms. The van der Waals surface area contributed by atoms with Crippen LogP contribution in [-0.4, -0.2) is 30.3 Å². The molecule has 73 valence electrons. The molecule has 7 heteroatoms. The first-order valence-electron chi connectivity index (χ1n) is 2.79. The first kappa shape index (κ1) is 11.5. The molecule has 0 aliphatic heterocycles. The van der Waals surface area contributed by atoms with Crippen molar-refractivity contribution in [3.63, 3.8) is 0 Å². The number of hydrogen-bond acceptors (Lipinski definition) is 1. The molecule has 0 spiro atoms. The van der Waals surface area contributed by atoms with E-state index < -0.39 is 25.4 Å². The van der Waals surface area contributed by atoms with E-state index in [0.29, 0.717) is 0 Å². The zero-order valence-electron chi connectivity index (χ0n) is 5.84. The van der Waals surface area contributed by atoms with Crippen LogP contribution in [0.3, 0.4) is 0 Å². The van der Waals surface area contributed by atoms with Crippen molar-refractivity contribution in [3.8, 4) is 0 Å². The summed E-state index contributed by atoms with van der Waals surface area (Å²) < 4.78 is 68.6. The third kappa shape index (κ3) is 7.64. The molecule has 1 nitrogen and oxygen atoms in total. The number of alkyl halides is 6. The second-order valence-corrected chi connectivity index (χ2v) is 2.22. The summed E-state index contributed by atoms with van der Waals surface area (Å²) in [6.45, 7) is -3.32. The fourth-order valence-corrected chi connectivity index (χ4v) is 0.563. The predicted molar refractivity (Wildman–Crippen MR) is 29.0 cm³/mol. The lowest BCUT2D eigenvalue weighted by Gasteiger charge is -2.19. The highest BCUT2D eigenvalue weighted by molar-refractivity contribution is 4.65. The van der Waals surface area contributed by atoms with E-state index in [4.69, 9.17) is 0 Å². The van der Waals surface area contributed by atoms with Crippen LogP contribution in [0.1, 0.15) is 0 Å². The van der Waals surface area contributed by atoms with Gasteiger partial charge in [-0.15, -0.1) is 0 Å². The molecular formula is C5H6F6N. The Morgan fingerprint density at radius 3 is 1.25 bits per heavy atom. The molecule has 0 atom stereocenters. The molecular weight excluding hydrogens is 188 g/mol. The van der Waals surface area contributed by atoms with Gasteiger partial charge in [-0.2, -0.15) is 26.3 Å². The van der Waals surface area contributed by atoms with E-state index in [1.54, 1.807) is 0 Å². The minimum Gasteiger partial charge on any atom is -0.285 e. The average molecular weight is 194 g/mol. The lowest BCUT2D eigenvalue weighted by Crippen LogP contribution is -2.36. The number of nitrogens with zero attached hydrogens (tertiary/aromatic N) is 1. The normalized spacial score (nSPS) is 14.0. The van der Waals surface area contributed by atoms with Crippen molar-refractivity contribution in [2.45, 2.75) is 12.4 Å². The van der Waals surface area contributed by atoms with Crippen LogP contribution in [0.15, 0.2) is 0 Å². The van der Waals surface area contributed by atoms with Crippen LogP contribution >= 0.6 is 0 Å². The van der Waals surface area contributed by atoms with Gasteiger partial charge in [0.1, 0.15) is 0 Å². The van der Waals surface area contributed by atoms with E-state index in [1.807, 2.05) is 0 Å². The highest BCUT2D eigenvalue weighted by Gasteiger charge is 2.35. The Morgan fingerprint density at radius 1 is 0.833 bits per heavy atom. The summed E-state index contributed by atoms with van der Waals surface area (Å²) in [5, 5.41) is 0. The summed E-state index contributed by atoms with van der Waals surface area (Å²) in [7, 11) is 2.60. The lowest BCUT2D eigenvalue weighted by atomic mass is 10.5. The van der Waals surface area contributed by atoms with Gasteiger partial charge >= 0.3 is 12.4 Å². The standard InChI is InChI=1S/C5H6F6N/c1-12(2-4(6,7)8)3-5(9,10)11/h1-3H2. The maximum absolute atomic E-state index is 11.4. The molecule has 0 aliphatic rings. The average Bonchev–Trinajstić information content (AvgIpc) is 1.49. The van der Waals surface area contributed by atoms with Crippen molar-refractivity contribution in [3.05, 3.63) is 7.05 Å². The van der Waals surface area contributed by atoms with Gasteiger partial charge in [0.2, 0.25) is 0 Å². The molecule has 0 saturated heterocycles. The van der Waals surface area contributed by atoms with E-state index in [2.05, 4.69) is 7.05 Å². The van der Waals surface area contributed by atoms with E-state index in [1.165, 1.54) is 0 Å². The van der Waals surface area contributed by atoms with E-state index >= 15 is 0 Å². The zero-order chi connectivity index (χ0) is 9.99. The van der Waals surface area contributed by atoms with Crippen LogP contribution in [0, 0.1) is 7.05 Å². The SMILES string of the molecule is [CH2]N(CC(F)(F)F)CC(F)(F)F. The Labute approximate surface area is 65.0 Å². The third-order valence-corrected chi connectivity index (χ3v) is 0.806. The summed E-state index contributed by atoms with van der Waals surface area (Å²) in [5.41, 5.74) is 0. The van der Waals surface area contributed by atoms with E-state index in [0.717, 1.165) is 0 Å². The summed E-state index contributed by atoms with van der Waals surface area (Å²) in [5.74, 6) is 0. The first-order chi connectivity index (χ1) is 5.10. The maximum Gasteiger partial charge on any atom is 0.401 e. The molecule has 0 unspecified atom stereocenters. The summed E-state index contributed by atoms with van der Waals surface area (Å²) in [6, 6.07) is 0. The van der Waals surface area contributed by atoms with Gasteiger partial charge in [-0.05, 0) is 0 Å². The molecule has 0 aromatic heterocycles. The summed E-state index contributed by atoms with van der Waals surface area (Å²) in [4.78, 5) is -0.0833. The predicted octanol–water partition coefficient (Wildman–Crippen LogP) is 2.20. The van der Waals surface area contributed by atoms with Gasteiger partial charge in [0.05, 0.1) is 13.1 Å². The minimum absolute atomic E-state index is 0.0833. The fraction of sp³-hybridized carbons (Fsp3) is 0.800. The van der Waals surface area contributed by atoms with Gasteiger partial charge in [-0.3, -0.25) is 4.90 Å². The minimum atomic E-state index is -4.65. The molecule has 0 fully saturated rings. The molecule has 0 N–H and O–H groups in total.